The number of aliphatic hydroxyl groups is 1. The summed E-state index contributed by atoms with van der Waals surface area (Å²) in [5, 5.41) is 21.0. The molecule has 16 heteroatoms. The van der Waals surface area contributed by atoms with E-state index in [9.17, 15) is 26.7 Å². The number of fused-ring (bicyclic) bond motifs is 1. The van der Waals surface area contributed by atoms with Gasteiger partial charge < -0.3 is 14.4 Å². The van der Waals surface area contributed by atoms with Crippen molar-refractivity contribution < 1.29 is 31.2 Å². The van der Waals surface area contributed by atoms with Crippen LogP contribution in [0.5, 0.6) is 0 Å². The number of aliphatic hydroxyl groups excluding tert-OH is 1. The second-order valence-electron chi connectivity index (χ2n) is 9.45. The van der Waals surface area contributed by atoms with Gasteiger partial charge in [-0.2, -0.15) is 13.1 Å². The summed E-state index contributed by atoms with van der Waals surface area (Å²) in [7, 11) is -7.82. The zero-order chi connectivity index (χ0) is 28.7. The molecule has 0 bridgehead atoms. The largest absolute Gasteiger partial charge is 0.422 e. The van der Waals surface area contributed by atoms with Gasteiger partial charge in [-0.25, -0.2) is 18.5 Å². The predicted octanol–water partition coefficient (Wildman–Crippen LogP) is 1.37. The SMILES string of the molecule is CS(=O)(=O)C(c1nnc(CNS(N)(=O)=O)o1)c1nc2ccc(-c3cccc(C(=O)N4CCC(O)CC4)c3)cc2s1. The number of amides is 1. The molecular weight excluding hydrogens is 581 g/mol. The van der Waals surface area contributed by atoms with Crippen LogP contribution >= 0.6 is 11.3 Å². The van der Waals surface area contributed by atoms with Gasteiger partial charge in [0.1, 0.15) is 5.01 Å². The molecule has 1 aliphatic rings. The summed E-state index contributed by atoms with van der Waals surface area (Å²) in [6.07, 6.45) is 1.76. The van der Waals surface area contributed by atoms with E-state index < -0.39 is 31.8 Å². The minimum Gasteiger partial charge on any atom is -0.422 e. The number of nitrogens with one attached hydrogen (secondary N) is 1. The minimum atomic E-state index is -4.01. The Morgan fingerprint density at radius 2 is 1.88 bits per heavy atom. The van der Waals surface area contributed by atoms with Crippen LogP contribution in [0.4, 0.5) is 0 Å². The highest BCUT2D eigenvalue weighted by Gasteiger charge is 2.34. The van der Waals surface area contributed by atoms with Gasteiger partial charge in [-0.1, -0.05) is 18.2 Å². The maximum absolute atomic E-state index is 13.0. The Bertz CT molecular complexity index is 1780. The molecule has 4 N–H and O–H groups in total. The topological polar surface area (TPSA) is 199 Å². The Morgan fingerprint density at radius 1 is 1.15 bits per heavy atom. The zero-order valence-corrected chi connectivity index (χ0v) is 23.7. The summed E-state index contributed by atoms with van der Waals surface area (Å²) in [4.78, 5) is 19.3. The van der Waals surface area contributed by atoms with Crippen LogP contribution < -0.4 is 9.86 Å². The van der Waals surface area contributed by atoms with Crippen LogP contribution in [-0.4, -0.2) is 73.4 Å². The quantitative estimate of drug-likeness (QED) is 0.263. The van der Waals surface area contributed by atoms with Crippen molar-refractivity contribution in [2.75, 3.05) is 19.3 Å². The van der Waals surface area contributed by atoms with Crippen molar-refractivity contribution in [1.29, 1.82) is 0 Å². The Hall–Kier alpha value is -3.28. The normalized spacial score (nSPS) is 15.9. The lowest BCUT2D eigenvalue weighted by Gasteiger charge is -2.29. The van der Waals surface area contributed by atoms with Crippen LogP contribution in [0.15, 0.2) is 46.9 Å². The van der Waals surface area contributed by atoms with Crippen LogP contribution in [0.2, 0.25) is 0 Å². The van der Waals surface area contributed by atoms with Crippen LogP contribution in [0.1, 0.15) is 45.2 Å². The number of benzene rings is 2. The molecule has 0 radical (unpaired) electrons. The monoisotopic (exact) mass is 606 g/mol. The van der Waals surface area contributed by atoms with E-state index in [0.29, 0.717) is 41.7 Å². The number of hydrogen-bond acceptors (Lipinski definition) is 11. The van der Waals surface area contributed by atoms with Crippen molar-refractivity contribution in [3.8, 4) is 11.1 Å². The molecule has 0 aliphatic carbocycles. The van der Waals surface area contributed by atoms with E-state index in [-0.39, 0.29) is 28.8 Å². The van der Waals surface area contributed by atoms with Gasteiger partial charge in [-0.3, -0.25) is 4.79 Å². The highest BCUT2D eigenvalue weighted by Crippen LogP contribution is 2.36. The lowest BCUT2D eigenvalue weighted by molar-refractivity contribution is 0.0546. The van der Waals surface area contributed by atoms with E-state index in [4.69, 9.17) is 9.56 Å². The average molecular weight is 607 g/mol. The second-order valence-corrected chi connectivity index (χ2v) is 14.0. The lowest BCUT2D eigenvalue weighted by Crippen LogP contribution is -2.40. The molecule has 5 rings (SSSR count). The first-order valence-electron chi connectivity index (χ1n) is 12.1. The smallest absolute Gasteiger partial charge is 0.274 e. The van der Waals surface area contributed by atoms with Crippen molar-refractivity contribution in [2.45, 2.75) is 30.7 Å². The molecule has 1 unspecified atom stereocenters. The maximum atomic E-state index is 13.0. The number of nitrogens with zero attached hydrogens (tertiary/aromatic N) is 4. The first-order valence-corrected chi connectivity index (χ1v) is 16.5. The molecule has 1 fully saturated rings. The summed E-state index contributed by atoms with van der Waals surface area (Å²) in [6.45, 7) is 0.615. The summed E-state index contributed by atoms with van der Waals surface area (Å²) < 4.78 is 55.9. The number of nitrogens with two attached hydrogens (primary N) is 1. The molecule has 0 spiro atoms. The number of hydrogen-bond donors (Lipinski definition) is 3. The molecule has 3 heterocycles. The van der Waals surface area contributed by atoms with Gasteiger partial charge in [0.25, 0.3) is 16.1 Å². The third-order valence-electron chi connectivity index (χ3n) is 6.38. The zero-order valence-electron chi connectivity index (χ0n) is 21.2. The Morgan fingerprint density at radius 3 is 2.58 bits per heavy atom. The molecule has 212 valence electrons. The fourth-order valence-corrected chi connectivity index (χ4v) is 7.25. The third-order valence-corrected chi connectivity index (χ3v) is 9.44. The van der Waals surface area contributed by atoms with Crippen molar-refractivity contribution in [2.24, 2.45) is 5.14 Å². The maximum Gasteiger partial charge on any atom is 0.274 e. The number of rotatable bonds is 8. The summed E-state index contributed by atoms with van der Waals surface area (Å²) >= 11 is 1.15. The van der Waals surface area contributed by atoms with E-state index in [1.165, 1.54) is 0 Å². The summed E-state index contributed by atoms with van der Waals surface area (Å²) in [5.41, 5.74) is 2.73. The predicted molar refractivity (Wildman–Crippen MR) is 147 cm³/mol. The van der Waals surface area contributed by atoms with Crippen molar-refractivity contribution in [1.82, 2.24) is 24.8 Å². The average Bonchev–Trinajstić information content (AvgIpc) is 3.53. The van der Waals surface area contributed by atoms with Crippen LogP contribution in [0, 0.1) is 0 Å². The molecule has 40 heavy (non-hydrogen) atoms. The highest BCUT2D eigenvalue weighted by molar-refractivity contribution is 7.91. The Kier molecular flexibility index (Phi) is 7.73. The van der Waals surface area contributed by atoms with Gasteiger partial charge in [0.2, 0.25) is 11.8 Å². The number of piperidine rings is 1. The fourth-order valence-electron chi connectivity index (χ4n) is 4.40. The lowest BCUT2D eigenvalue weighted by atomic mass is 10.0. The third kappa shape index (κ3) is 6.37. The number of carbonyl (C=O) groups is 1. The van der Waals surface area contributed by atoms with Crippen LogP contribution in [-0.2, 0) is 26.6 Å². The van der Waals surface area contributed by atoms with Gasteiger partial charge >= 0.3 is 0 Å². The van der Waals surface area contributed by atoms with E-state index in [0.717, 1.165) is 28.7 Å². The molecule has 1 saturated heterocycles. The van der Waals surface area contributed by atoms with Crippen molar-refractivity contribution in [3.05, 3.63) is 64.8 Å². The molecule has 1 amide bonds. The molecular formula is C24H26N6O7S3. The summed E-state index contributed by atoms with van der Waals surface area (Å²) in [6, 6.07) is 12.7. The number of sulfone groups is 1. The first-order chi connectivity index (χ1) is 18.9. The van der Waals surface area contributed by atoms with Gasteiger partial charge in [0.15, 0.2) is 15.1 Å². The first kappa shape index (κ1) is 28.3. The van der Waals surface area contributed by atoms with E-state index in [1.54, 1.807) is 23.1 Å². The molecule has 1 aliphatic heterocycles. The number of likely N-dealkylation sites (tertiary alicyclic amines) is 1. The van der Waals surface area contributed by atoms with Crippen molar-refractivity contribution in [3.63, 3.8) is 0 Å². The minimum absolute atomic E-state index is 0.0934. The van der Waals surface area contributed by atoms with Crippen molar-refractivity contribution >= 4 is 47.5 Å². The van der Waals surface area contributed by atoms with Crippen LogP contribution in [0.25, 0.3) is 21.3 Å². The number of carbonyl (C=O) groups excluding carboxylic acids is 1. The van der Waals surface area contributed by atoms with E-state index >= 15 is 0 Å². The van der Waals surface area contributed by atoms with Gasteiger partial charge in [-0.15, -0.1) is 21.5 Å². The van der Waals surface area contributed by atoms with E-state index in [2.05, 4.69) is 15.2 Å². The Balaban J connectivity index is 1.43. The standard InChI is InChI=1S/C24H26N6O7S3/c1-39(33,34)21(22-29-28-20(37-22)13-26-40(25,35)36)23-27-18-6-5-15(12-19(18)38-23)14-3-2-4-16(11-14)24(32)30-9-7-17(31)8-10-30/h2-6,11-12,17,21,26,31H,7-10,13H2,1H3,(H2,25,35,36). The van der Waals surface area contributed by atoms with Gasteiger partial charge in [-0.05, 0) is 48.2 Å². The van der Waals surface area contributed by atoms with Gasteiger partial charge in [0.05, 0.1) is 22.9 Å². The summed E-state index contributed by atoms with van der Waals surface area (Å²) in [5.74, 6) is -0.496. The molecule has 13 nitrogen and oxygen atoms in total. The number of aromatic nitrogens is 3. The number of thiazole rings is 1. The molecule has 2 aromatic heterocycles. The van der Waals surface area contributed by atoms with Gasteiger partial charge in [0, 0.05) is 24.9 Å². The molecule has 4 aromatic rings. The molecule has 0 saturated carbocycles. The Labute approximate surface area is 234 Å². The fraction of sp³-hybridized carbons (Fsp3) is 0.333. The molecule has 1 atom stereocenters. The van der Waals surface area contributed by atoms with E-state index in [1.807, 2.05) is 29.0 Å². The van der Waals surface area contributed by atoms with Crippen LogP contribution in [0.3, 0.4) is 0 Å². The second kappa shape index (κ2) is 10.9. The highest BCUT2D eigenvalue weighted by atomic mass is 32.2. The molecule has 2 aromatic carbocycles.